The molecule has 6 N–H and O–H groups in total. The van der Waals surface area contributed by atoms with E-state index >= 15 is 0 Å². The molecule has 162 valence electrons. The van der Waals surface area contributed by atoms with Crippen LogP contribution in [0.1, 0.15) is 32.1 Å². The summed E-state index contributed by atoms with van der Waals surface area (Å²) in [6, 6.07) is 0. The number of aliphatic hydroxyl groups excluding tert-OH is 1. The average molecular weight is 415 g/mol. The molecular formula is C6H17N5O16. The van der Waals surface area contributed by atoms with Gasteiger partial charge in [-0.2, -0.15) is 0 Å². The van der Waals surface area contributed by atoms with Crippen LogP contribution in [0.5, 0.6) is 0 Å². The van der Waals surface area contributed by atoms with E-state index in [9.17, 15) is 0 Å². The lowest BCUT2D eigenvalue weighted by Crippen LogP contribution is -2.09. The number of hydrogen-bond donors (Lipinski definition) is 6. The molecule has 1 saturated carbocycles. The Hall–Kier alpha value is -4.04. The molecule has 27 heavy (non-hydrogen) atoms. The fourth-order valence-electron chi connectivity index (χ4n) is 1.08. The highest BCUT2D eigenvalue weighted by Gasteiger charge is 2.07. The molecule has 1 rings (SSSR count). The predicted octanol–water partition coefficient (Wildman–Crippen LogP) is -0.427. The van der Waals surface area contributed by atoms with E-state index in [2.05, 4.69) is 0 Å². The van der Waals surface area contributed by atoms with Crippen LogP contribution in [0.2, 0.25) is 0 Å². The molecule has 0 aliphatic heterocycles. The van der Waals surface area contributed by atoms with Gasteiger partial charge in [0.15, 0.2) is 0 Å². The molecule has 0 amide bonds. The minimum atomic E-state index is -1.50. The Labute approximate surface area is 146 Å². The Bertz CT molecular complexity index is 320. The van der Waals surface area contributed by atoms with Crippen LogP contribution in [0.25, 0.3) is 0 Å². The molecule has 0 aromatic heterocycles. The highest BCUT2D eigenvalue weighted by atomic mass is 16.9. The quantitative estimate of drug-likeness (QED) is 0.216. The number of aliphatic hydroxyl groups is 1. The molecular weight excluding hydrogens is 398 g/mol. The van der Waals surface area contributed by atoms with Gasteiger partial charge in [0.05, 0.1) is 6.10 Å². The zero-order chi connectivity index (χ0) is 23.0. The standard InChI is InChI=1S/C6H12O.5HNO3/c7-6-4-2-1-3-5-6;5*2-1(3)4/h6-7H,1-5H2;5*(H,2,3,4). The van der Waals surface area contributed by atoms with Crippen molar-refractivity contribution >= 4 is 0 Å². The second-order valence-corrected chi connectivity index (χ2v) is 3.48. The van der Waals surface area contributed by atoms with Crippen LogP contribution in [0.4, 0.5) is 0 Å². The SMILES string of the molecule is O=[N+]([O-])O.O=[N+]([O-])O.O=[N+]([O-])O.O=[N+]([O-])O.O=[N+]([O-])O.OC1CCCCC1. The topological polar surface area (TPSA) is 337 Å². The average Bonchev–Trinajstić information content (AvgIpc) is 2.35. The molecule has 0 aromatic rings. The number of rotatable bonds is 0. The van der Waals surface area contributed by atoms with Crippen molar-refractivity contribution in [1.82, 2.24) is 0 Å². The van der Waals surface area contributed by atoms with Gasteiger partial charge in [-0.25, -0.2) is 0 Å². The molecule has 1 aliphatic rings. The van der Waals surface area contributed by atoms with E-state index in [1.807, 2.05) is 0 Å². The van der Waals surface area contributed by atoms with E-state index < -0.39 is 25.4 Å². The van der Waals surface area contributed by atoms with Crippen LogP contribution in [-0.4, -0.2) is 62.7 Å². The Morgan fingerprint density at radius 2 is 0.667 bits per heavy atom. The van der Waals surface area contributed by atoms with E-state index in [1.165, 1.54) is 19.3 Å². The molecule has 0 radical (unpaired) electrons. The maximum Gasteiger partial charge on any atom is 0.291 e. The van der Waals surface area contributed by atoms with E-state index in [4.69, 9.17) is 81.7 Å². The normalized spacial score (nSPS) is 11.0. The highest BCUT2D eigenvalue weighted by molar-refractivity contribution is 4.61. The summed E-state index contributed by atoms with van der Waals surface area (Å²) >= 11 is 0. The van der Waals surface area contributed by atoms with E-state index in [0.717, 1.165) is 12.8 Å². The van der Waals surface area contributed by atoms with Crippen molar-refractivity contribution in [3.8, 4) is 0 Å². The third-order valence-corrected chi connectivity index (χ3v) is 1.57. The van der Waals surface area contributed by atoms with E-state index in [1.54, 1.807) is 0 Å². The van der Waals surface area contributed by atoms with Crippen molar-refractivity contribution in [2.24, 2.45) is 0 Å². The van der Waals surface area contributed by atoms with Gasteiger partial charge in [0, 0.05) is 0 Å². The van der Waals surface area contributed by atoms with Crippen molar-refractivity contribution in [3.63, 3.8) is 0 Å². The van der Waals surface area contributed by atoms with Gasteiger partial charge >= 0.3 is 0 Å². The van der Waals surface area contributed by atoms with Gasteiger partial charge in [-0.15, -0.1) is 50.6 Å². The third-order valence-electron chi connectivity index (χ3n) is 1.57. The predicted molar refractivity (Wildman–Crippen MR) is 73.0 cm³/mol. The Kier molecular flexibility index (Phi) is 34.1. The van der Waals surface area contributed by atoms with Crippen LogP contribution in [0.15, 0.2) is 0 Å². The Balaban J connectivity index is -0.0000000735. The minimum absolute atomic E-state index is 0.0359. The molecule has 1 fully saturated rings. The van der Waals surface area contributed by atoms with E-state index in [0.29, 0.717) is 0 Å². The van der Waals surface area contributed by atoms with Gasteiger partial charge in [-0.3, -0.25) is 0 Å². The third kappa shape index (κ3) is 558. The Morgan fingerprint density at radius 3 is 0.741 bits per heavy atom. The molecule has 0 atom stereocenters. The van der Waals surface area contributed by atoms with Crippen molar-refractivity contribution in [1.29, 1.82) is 0 Å². The van der Waals surface area contributed by atoms with Gasteiger partial charge in [-0.05, 0) is 12.8 Å². The van der Waals surface area contributed by atoms with Crippen LogP contribution < -0.4 is 0 Å². The fourth-order valence-corrected chi connectivity index (χ4v) is 1.08. The first-order valence-corrected chi connectivity index (χ1v) is 5.90. The summed E-state index contributed by atoms with van der Waals surface area (Å²) in [7, 11) is 0. The molecule has 0 saturated heterocycles. The Morgan fingerprint density at radius 1 is 0.519 bits per heavy atom. The van der Waals surface area contributed by atoms with Gasteiger partial charge < -0.3 is 31.1 Å². The van der Waals surface area contributed by atoms with Crippen LogP contribution in [0.3, 0.4) is 0 Å². The first kappa shape index (κ1) is 34.3. The van der Waals surface area contributed by atoms with Crippen molar-refractivity contribution in [2.75, 3.05) is 0 Å². The fraction of sp³-hybridized carbons (Fsp3) is 1.00. The molecule has 1 aliphatic carbocycles. The smallest absolute Gasteiger partial charge is 0.291 e. The molecule has 21 heteroatoms. The summed E-state index contributed by atoms with van der Waals surface area (Å²) in [6.07, 6.45) is 5.92. The lowest BCUT2D eigenvalue weighted by Gasteiger charge is -2.14. The van der Waals surface area contributed by atoms with Crippen molar-refractivity contribution in [3.05, 3.63) is 50.6 Å². The first-order valence-electron chi connectivity index (χ1n) is 5.90. The second kappa shape index (κ2) is 26.8. The van der Waals surface area contributed by atoms with Crippen molar-refractivity contribution < 1.29 is 56.6 Å². The summed E-state index contributed by atoms with van der Waals surface area (Å²) in [5.74, 6) is 0. The molecule has 21 nitrogen and oxygen atoms in total. The molecule has 0 unspecified atom stereocenters. The van der Waals surface area contributed by atoms with Crippen LogP contribution in [-0.2, 0) is 0 Å². The van der Waals surface area contributed by atoms with Gasteiger partial charge in [-0.1, -0.05) is 19.3 Å². The van der Waals surface area contributed by atoms with Gasteiger partial charge in [0.2, 0.25) is 0 Å². The lowest BCUT2D eigenvalue weighted by atomic mass is 9.98. The zero-order valence-corrected chi connectivity index (χ0v) is 13.1. The van der Waals surface area contributed by atoms with Gasteiger partial charge in [0.25, 0.3) is 25.4 Å². The number of nitrogens with zero attached hydrogens (tertiary/aromatic N) is 5. The summed E-state index contributed by atoms with van der Waals surface area (Å²) in [4.78, 5) is 41.8. The monoisotopic (exact) mass is 415 g/mol. The maximum atomic E-state index is 8.91. The number of hydrogen-bond acceptors (Lipinski definition) is 11. The summed E-state index contributed by atoms with van der Waals surface area (Å²) in [5, 5.41) is 77.1. The maximum absolute atomic E-state index is 8.91. The molecule has 0 aromatic carbocycles. The largest absolute Gasteiger partial charge is 0.393 e. The lowest BCUT2D eigenvalue weighted by molar-refractivity contribution is -0.742. The molecule has 0 heterocycles. The molecule has 0 bridgehead atoms. The molecule has 0 spiro atoms. The zero-order valence-electron chi connectivity index (χ0n) is 13.1. The van der Waals surface area contributed by atoms with Crippen LogP contribution in [0, 0.1) is 50.6 Å². The van der Waals surface area contributed by atoms with E-state index in [-0.39, 0.29) is 6.10 Å². The second-order valence-electron chi connectivity index (χ2n) is 3.48. The first-order chi connectivity index (χ1) is 12.1. The highest BCUT2D eigenvalue weighted by Crippen LogP contribution is 2.16. The summed E-state index contributed by atoms with van der Waals surface area (Å²) in [5.41, 5.74) is 0. The summed E-state index contributed by atoms with van der Waals surface area (Å²) in [6.45, 7) is 0. The summed E-state index contributed by atoms with van der Waals surface area (Å²) < 4.78 is 0. The minimum Gasteiger partial charge on any atom is -0.393 e. The van der Waals surface area contributed by atoms with Gasteiger partial charge in [0.1, 0.15) is 0 Å². The van der Waals surface area contributed by atoms with Crippen molar-refractivity contribution in [2.45, 2.75) is 38.2 Å². The van der Waals surface area contributed by atoms with Crippen LogP contribution >= 0.6 is 0 Å².